The van der Waals surface area contributed by atoms with Crippen molar-refractivity contribution in [2.75, 3.05) is 13.2 Å². The Morgan fingerprint density at radius 2 is 0.873 bits per heavy atom. The minimum atomic E-state index is -0.829. The molecule has 55 heavy (non-hydrogen) atoms. The second kappa shape index (κ2) is 43.1. The average Bonchev–Trinajstić information content (AvgIpc) is 3.18. The third-order valence-electron chi connectivity index (χ3n) is 8.68. The molecular weight excluding hydrogens is 685 g/mol. The standard InChI is InChI=1S/C49H78O6/c1-4-7-10-13-16-19-21-23-24-26-27-30-33-36-39-42-48(51)54-45-46(44-53-47(50)41-38-35-32-29-18-15-12-9-6-3)55-49(52)43-40-37-34-31-28-25-22-20-17-14-11-8-5-2/h7,9-10,12-13,16,18-19,21,23-25,28-29,35,38,46H,4-6,8,11,14-15,17,20,22,26-27,30-34,36-37,39-45H2,1-3H3/b10-7-,12-9-,16-13-,21-19-,24-23-,28-25-,29-18-,38-35-. The van der Waals surface area contributed by atoms with Crippen LogP contribution in [0.3, 0.4) is 0 Å². The van der Waals surface area contributed by atoms with E-state index in [1.165, 1.54) is 38.5 Å². The summed E-state index contributed by atoms with van der Waals surface area (Å²) in [5.74, 6) is -1.10. The first-order valence-corrected chi connectivity index (χ1v) is 21.8. The number of hydrogen-bond donors (Lipinski definition) is 0. The monoisotopic (exact) mass is 763 g/mol. The van der Waals surface area contributed by atoms with Gasteiger partial charge in [0.25, 0.3) is 0 Å². The predicted molar refractivity (Wildman–Crippen MR) is 233 cm³/mol. The van der Waals surface area contributed by atoms with Gasteiger partial charge in [-0.2, -0.15) is 0 Å². The zero-order valence-corrected chi connectivity index (χ0v) is 35.1. The fourth-order valence-electron chi connectivity index (χ4n) is 5.45. The predicted octanol–water partition coefficient (Wildman–Crippen LogP) is 13.9. The molecule has 6 nitrogen and oxygen atoms in total. The highest BCUT2D eigenvalue weighted by Crippen LogP contribution is 2.12. The van der Waals surface area contributed by atoms with Gasteiger partial charge in [-0.15, -0.1) is 0 Å². The summed E-state index contributed by atoms with van der Waals surface area (Å²) in [4.78, 5) is 37.6. The Bertz CT molecular complexity index is 1150. The van der Waals surface area contributed by atoms with E-state index in [1.807, 2.05) is 30.4 Å². The molecule has 0 saturated heterocycles. The molecule has 1 atom stereocenters. The molecule has 0 N–H and O–H groups in total. The molecule has 0 aromatic carbocycles. The molecule has 0 bridgehead atoms. The third-order valence-corrected chi connectivity index (χ3v) is 8.68. The molecule has 310 valence electrons. The minimum Gasteiger partial charge on any atom is -0.462 e. The van der Waals surface area contributed by atoms with Crippen LogP contribution < -0.4 is 0 Å². The third kappa shape index (κ3) is 41.3. The number of rotatable bonds is 37. The summed E-state index contributed by atoms with van der Waals surface area (Å²) >= 11 is 0. The molecule has 6 heteroatoms. The van der Waals surface area contributed by atoms with Crippen molar-refractivity contribution in [3.8, 4) is 0 Å². The fourth-order valence-corrected chi connectivity index (χ4v) is 5.45. The molecule has 0 saturated carbocycles. The minimum absolute atomic E-state index is 0.125. The lowest BCUT2D eigenvalue weighted by molar-refractivity contribution is -0.166. The molecule has 0 rings (SSSR count). The van der Waals surface area contributed by atoms with Gasteiger partial charge in [-0.1, -0.05) is 176 Å². The van der Waals surface area contributed by atoms with Crippen LogP contribution >= 0.6 is 0 Å². The van der Waals surface area contributed by atoms with Gasteiger partial charge in [-0.3, -0.25) is 14.4 Å². The number of ether oxygens (including phenoxy) is 3. The van der Waals surface area contributed by atoms with Crippen molar-refractivity contribution < 1.29 is 28.6 Å². The first-order valence-electron chi connectivity index (χ1n) is 21.8. The van der Waals surface area contributed by atoms with Gasteiger partial charge in [0, 0.05) is 12.8 Å². The highest BCUT2D eigenvalue weighted by atomic mass is 16.6. The summed E-state index contributed by atoms with van der Waals surface area (Å²) in [7, 11) is 0. The maximum absolute atomic E-state index is 12.7. The van der Waals surface area contributed by atoms with Gasteiger partial charge in [0.1, 0.15) is 13.2 Å². The van der Waals surface area contributed by atoms with Crippen LogP contribution in [0.5, 0.6) is 0 Å². The lowest BCUT2D eigenvalue weighted by Crippen LogP contribution is -2.30. The first kappa shape index (κ1) is 51.3. The number of esters is 3. The fraction of sp³-hybridized carbons (Fsp3) is 0.612. The van der Waals surface area contributed by atoms with E-state index in [1.54, 1.807) is 6.08 Å². The van der Waals surface area contributed by atoms with Gasteiger partial charge in [0.15, 0.2) is 6.10 Å². The molecule has 1 unspecified atom stereocenters. The van der Waals surface area contributed by atoms with Crippen LogP contribution in [-0.4, -0.2) is 37.2 Å². The summed E-state index contributed by atoms with van der Waals surface area (Å²) in [6, 6.07) is 0. The Hall–Kier alpha value is -3.67. The summed E-state index contributed by atoms with van der Waals surface area (Å²) in [5.41, 5.74) is 0. The number of carbonyl (C=O) groups is 3. The zero-order valence-electron chi connectivity index (χ0n) is 35.1. The molecule has 0 fully saturated rings. The van der Waals surface area contributed by atoms with E-state index < -0.39 is 12.1 Å². The second-order valence-electron chi connectivity index (χ2n) is 13.9. The first-order chi connectivity index (χ1) is 27.0. The maximum Gasteiger partial charge on any atom is 0.309 e. The molecule has 0 aliphatic carbocycles. The molecule has 0 aromatic rings. The van der Waals surface area contributed by atoms with Crippen LogP contribution in [0.4, 0.5) is 0 Å². The van der Waals surface area contributed by atoms with Crippen molar-refractivity contribution in [3.63, 3.8) is 0 Å². The quantitative estimate of drug-likeness (QED) is 0.0206. The summed E-state index contributed by atoms with van der Waals surface area (Å²) in [6.45, 7) is 6.21. The van der Waals surface area contributed by atoms with Crippen LogP contribution in [0.25, 0.3) is 0 Å². The Morgan fingerprint density at radius 1 is 0.418 bits per heavy atom. The second-order valence-corrected chi connectivity index (χ2v) is 13.9. The van der Waals surface area contributed by atoms with E-state index in [-0.39, 0.29) is 38.0 Å². The van der Waals surface area contributed by atoms with Gasteiger partial charge in [-0.25, -0.2) is 0 Å². The Morgan fingerprint density at radius 3 is 1.49 bits per heavy atom. The molecule has 0 aliphatic rings. The molecular formula is C49H78O6. The van der Waals surface area contributed by atoms with Crippen LogP contribution in [0, 0.1) is 0 Å². The SMILES string of the molecule is CC\C=C/C=C\C=C/C=C\CCCCCCCC(=O)OCC(COC(=O)C/C=C\C/C=C\C/C=C\CC)OC(=O)CCCCC/C=C\CCCCCCCC. The zero-order chi connectivity index (χ0) is 40.1. The number of allylic oxidation sites excluding steroid dienone is 15. The molecule has 0 heterocycles. The topological polar surface area (TPSA) is 78.9 Å². The molecule has 0 aromatic heterocycles. The summed E-state index contributed by atoms with van der Waals surface area (Å²) < 4.78 is 16.5. The van der Waals surface area contributed by atoms with Crippen LogP contribution in [0.2, 0.25) is 0 Å². The lowest BCUT2D eigenvalue weighted by atomic mass is 10.1. The van der Waals surface area contributed by atoms with E-state index >= 15 is 0 Å². The average molecular weight is 763 g/mol. The van der Waals surface area contributed by atoms with E-state index in [4.69, 9.17) is 14.2 Å². The largest absolute Gasteiger partial charge is 0.462 e. The van der Waals surface area contributed by atoms with Crippen molar-refractivity contribution in [2.24, 2.45) is 0 Å². The van der Waals surface area contributed by atoms with Crippen LogP contribution in [-0.2, 0) is 28.6 Å². The maximum atomic E-state index is 12.7. The summed E-state index contributed by atoms with van der Waals surface area (Å²) in [6.07, 6.45) is 55.6. The highest BCUT2D eigenvalue weighted by Gasteiger charge is 2.19. The van der Waals surface area contributed by atoms with Crippen LogP contribution in [0.1, 0.15) is 175 Å². The van der Waals surface area contributed by atoms with Gasteiger partial charge in [0.2, 0.25) is 0 Å². The van der Waals surface area contributed by atoms with Gasteiger partial charge < -0.3 is 14.2 Å². The molecule has 0 spiro atoms. The Kier molecular flexibility index (Phi) is 40.2. The summed E-state index contributed by atoms with van der Waals surface area (Å²) in [5, 5.41) is 0. The van der Waals surface area contributed by atoms with E-state index in [0.29, 0.717) is 6.42 Å². The smallest absolute Gasteiger partial charge is 0.309 e. The van der Waals surface area contributed by atoms with Crippen molar-refractivity contribution >= 4 is 17.9 Å². The van der Waals surface area contributed by atoms with Gasteiger partial charge >= 0.3 is 17.9 Å². The van der Waals surface area contributed by atoms with Crippen molar-refractivity contribution in [3.05, 3.63) is 97.2 Å². The van der Waals surface area contributed by atoms with E-state index in [2.05, 4.69) is 81.5 Å². The van der Waals surface area contributed by atoms with Gasteiger partial charge in [0.05, 0.1) is 6.42 Å². The van der Waals surface area contributed by atoms with E-state index in [9.17, 15) is 14.4 Å². The molecule has 0 amide bonds. The number of carbonyl (C=O) groups excluding carboxylic acids is 3. The van der Waals surface area contributed by atoms with Gasteiger partial charge in [-0.05, 0) is 77.0 Å². The van der Waals surface area contributed by atoms with Crippen molar-refractivity contribution in [2.45, 2.75) is 181 Å². The van der Waals surface area contributed by atoms with Crippen molar-refractivity contribution in [1.82, 2.24) is 0 Å². The normalized spacial score (nSPS) is 13.0. The number of hydrogen-bond acceptors (Lipinski definition) is 6. The molecule has 0 radical (unpaired) electrons. The van der Waals surface area contributed by atoms with Crippen molar-refractivity contribution in [1.29, 1.82) is 0 Å². The number of unbranched alkanes of at least 4 members (excludes halogenated alkanes) is 14. The highest BCUT2D eigenvalue weighted by molar-refractivity contribution is 5.72. The lowest BCUT2D eigenvalue weighted by Gasteiger charge is -2.18. The molecule has 0 aliphatic heterocycles. The Labute approximate surface area is 337 Å². The van der Waals surface area contributed by atoms with E-state index in [0.717, 1.165) is 96.3 Å². The van der Waals surface area contributed by atoms with Crippen LogP contribution in [0.15, 0.2) is 97.2 Å². The Balaban J connectivity index is 4.52.